The van der Waals surface area contributed by atoms with Crippen LogP contribution in [0, 0.1) is 6.92 Å². The quantitative estimate of drug-likeness (QED) is 0.389. The highest BCUT2D eigenvalue weighted by atomic mass is 35.5. The van der Waals surface area contributed by atoms with Gasteiger partial charge in [-0.05, 0) is 55.7 Å². The van der Waals surface area contributed by atoms with E-state index in [-0.39, 0.29) is 23.0 Å². The minimum absolute atomic E-state index is 0.0556. The van der Waals surface area contributed by atoms with Crippen LogP contribution in [-0.2, 0) is 26.0 Å². The normalized spacial score (nSPS) is 12.0. The number of hydrogen-bond donors (Lipinski definition) is 1. The van der Waals surface area contributed by atoms with Crippen LogP contribution in [0.2, 0.25) is 5.02 Å². The fraction of sp³-hybridized carbons (Fsp3) is 0.286. The summed E-state index contributed by atoms with van der Waals surface area (Å²) >= 11 is 6.19. The van der Waals surface area contributed by atoms with Gasteiger partial charge in [0.2, 0.25) is 11.8 Å². The maximum absolute atomic E-state index is 13.8. The number of amides is 2. The Morgan fingerprint density at radius 1 is 0.973 bits per heavy atom. The molecule has 0 aliphatic heterocycles. The van der Waals surface area contributed by atoms with Crippen molar-refractivity contribution < 1.29 is 18.0 Å². The van der Waals surface area contributed by atoms with Gasteiger partial charge in [0.25, 0.3) is 10.0 Å². The number of sulfonamides is 1. The molecule has 3 aromatic rings. The molecule has 0 saturated heterocycles. The van der Waals surface area contributed by atoms with Gasteiger partial charge in [0.15, 0.2) is 0 Å². The first-order valence-corrected chi connectivity index (χ1v) is 13.9. The van der Waals surface area contributed by atoms with E-state index in [1.165, 1.54) is 30.1 Å². The van der Waals surface area contributed by atoms with Crippen LogP contribution in [0.1, 0.15) is 24.5 Å². The van der Waals surface area contributed by atoms with E-state index in [2.05, 4.69) is 5.32 Å². The summed E-state index contributed by atoms with van der Waals surface area (Å²) < 4.78 is 28.6. The second-order valence-electron chi connectivity index (χ2n) is 8.67. The van der Waals surface area contributed by atoms with Gasteiger partial charge in [-0.1, -0.05) is 72.6 Å². The molecule has 0 fully saturated rings. The minimum Gasteiger partial charge on any atom is -0.357 e. The van der Waals surface area contributed by atoms with Gasteiger partial charge in [0.1, 0.15) is 12.6 Å². The first kappa shape index (κ1) is 28.2. The Morgan fingerprint density at radius 2 is 1.65 bits per heavy atom. The number of benzene rings is 3. The summed E-state index contributed by atoms with van der Waals surface area (Å²) in [7, 11) is -2.60. The second kappa shape index (κ2) is 12.7. The van der Waals surface area contributed by atoms with Gasteiger partial charge in [-0.3, -0.25) is 13.9 Å². The van der Waals surface area contributed by atoms with E-state index in [4.69, 9.17) is 11.6 Å². The molecular weight excluding hydrogens is 510 g/mol. The van der Waals surface area contributed by atoms with Crippen LogP contribution in [0.15, 0.2) is 83.8 Å². The third kappa shape index (κ3) is 7.11. The van der Waals surface area contributed by atoms with Gasteiger partial charge in [0.05, 0.1) is 10.6 Å². The van der Waals surface area contributed by atoms with Crippen LogP contribution in [0.25, 0.3) is 0 Å². The Labute approximate surface area is 224 Å². The smallest absolute Gasteiger partial charge is 0.264 e. The van der Waals surface area contributed by atoms with Crippen LogP contribution in [-0.4, -0.2) is 51.3 Å². The van der Waals surface area contributed by atoms with Crippen LogP contribution in [0.5, 0.6) is 0 Å². The first-order valence-electron chi connectivity index (χ1n) is 12.1. The molecule has 1 N–H and O–H groups in total. The lowest BCUT2D eigenvalue weighted by Crippen LogP contribution is -2.52. The number of rotatable bonds is 11. The molecule has 3 rings (SSSR count). The predicted octanol–water partition coefficient (Wildman–Crippen LogP) is 4.44. The van der Waals surface area contributed by atoms with Gasteiger partial charge in [-0.2, -0.15) is 0 Å². The molecule has 0 saturated carbocycles. The van der Waals surface area contributed by atoms with E-state index >= 15 is 0 Å². The number of anilines is 1. The molecule has 0 spiro atoms. The molecule has 1 unspecified atom stereocenters. The Bertz CT molecular complexity index is 1310. The molecule has 0 aromatic heterocycles. The lowest BCUT2D eigenvalue weighted by Gasteiger charge is -2.33. The largest absolute Gasteiger partial charge is 0.357 e. The zero-order valence-corrected chi connectivity index (χ0v) is 22.8. The van der Waals surface area contributed by atoms with E-state index in [0.717, 1.165) is 15.4 Å². The van der Waals surface area contributed by atoms with Crippen molar-refractivity contribution >= 4 is 39.1 Å². The fourth-order valence-electron chi connectivity index (χ4n) is 4.06. The van der Waals surface area contributed by atoms with Gasteiger partial charge in [0, 0.05) is 18.6 Å². The molecule has 0 radical (unpaired) electrons. The van der Waals surface area contributed by atoms with E-state index in [0.29, 0.717) is 17.9 Å². The van der Waals surface area contributed by atoms with E-state index < -0.39 is 28.5 Å². The summed E-state index contributed by atoms with van der Waals surface area (Å²) in [6.07, 6.45) is 0.893. The van der Waals surface area contributed by atoms with Gasteiger partial charge in [-0.15, -0.1) is 0 Å². The molecule has 0 heterocycles. The van der Waals surface area contributed by atoms with Crippen LogP contribution in [0.3, 0.4) is 0 Å². The van der Waals surface area contributed by atoms with Crippen molar-refractivity contribution in [3.8, 4) is 0 Å². The third-order valence-corrected chi connectivity index (χ3v) is 8.12. The van der Waals surface area contributed by atoms with Gasteiger partial charge >= 0.3 is 0 Å². The molecule has 9 heteroatoms. The number of nitrogens with one attached hydrogen (secondary N) is 1. The lowest BCUT2D eigenvalue weighted by molar-refractivity contribution is -0.139. The van der Waals surface area contributed by atoms with Crippen molar-refractivity contribution in [1.29, 1.82) is 0 Å². The minimum atomic E-state index is -4.11. The molecule has 1 atom stereocenters. The molecular formula is C28H32ClN3O4S. The fourth-order valence-corrected chi connectivity index (χ4v) is 5.65. The molecule has 196 valence electrons. The number of likely N-dealkylation sites (N-methyl/N-ethyl adjacent to an activating group) is 1. The third-order valence-electron chi connectivity index (χ3n) is 6.10. The summed E-state index contributed by atoms with van der Waals surface area (Å²) in [5, 5.41) is 2.96. The van der Waals surface area contributed by atoms with Gasteiger partial charge < -0.3 is 10.2 Å². The Hall–Kier alpha value is -3.36. The summed E-state index contributed by atoms with van der Waals surface area (Å²) in [6.45, 7) is 3.45. The zero-order valence-electron chi connectivity index (χ0n) is 21.2. The average Bonchev–Trinajstić information content (AvgIpc) is 2.89. The molecule has 7 nitrogen and oxygen atoms in total. The monoisotopic (exact) mass is 541 g/mol. The maximum atomic E-state index is 13.8. The van der Waals surface area contributed by atoms with Crippen molar-refractivity contribution in [2.24, 2.45) is 0 Å². The lowest BCUT2D eigenvalue weighted by atomic mass is 10.1. The standard InChI is InChI=1S/C28H32ClN3O4S/c1-4-26(28(34)30-3)31(18-17-22-9-6-5-7-10-22)27(33)20-32(24-12-8-11-23(29)19-24)37(35,36)25-15-13-21(2)14-16-25/h5-16,19,26H,4,17-18,20H2,1-3H3,(H,30,34). The van der Waals surface area contributed by atoms with Crippen molar-refractivity contribution in [3.05, 3.63) is 95.0 Å². The summed E-state index contributed by atoms with van der Waals surface area (Å²) in [4.78, 5) is 28.0. The highest BCUT2D eigenvalue weighted by Crippen LogP contribution is 2.27. The van der Waals surface area contributed by atoms with Crippen molar-refractivity contribution in [1.82, 2.24) is 10.2 Å². The van der Waals surface area contributed by atoms with Crippen LogP contribution in [0.4, 0.5) is 5.69 Å². The van der Waals surface area contributed by atoms with Crippen molar-refractivity contribution in [2.75, 3.05) is 24.4 Å². The number of aryl methyl sites for hydroxylation is 1. The highest BCUT2D eigenvalue weighted by molar-refractivity contribution is 7.92. The molecule has 0 aliphatic rings. The second-order valence-corrected chi connectivity index (χ2v) is 11.0. The number of halogens is 1. The van der Waals surface area contributed by atoms with Gasteiger partial charge in [-0.25, -0.2) is 8.42 Å². The van der Waals surface area contributed by atoms with Crippen molar-refractivity contribution in [2.45, 2.75) is 37.6 Å². The zero-order chi connectivity index (χ0) is 27.0. The Kier molecular flexibility index (Phi) is 9.72. The SMILES string of the molecule is CCC(C(=O)NC)N(CCc1ccccc1)C(=O)CN(c1cccc(Cl)c1)S(=O)(=O)c1ccc(C)cc1. The average molecular weight is 542 g/mol. The Morgan fingerprint density at radius 3 is 2.24 bits per heavy atom. The summed E-state index contributed by atoms with van der Waals surface area (Å²) in [5.41, 5.74) is 2.18. The topological polar surface area (TPSA) is 86.8 Å². The van der Waals surface area contributed by atoms with E-state index in [1.807, 2.05) is 44.2 Å². The predicted molar refractivity (Wildman–Crippen MR) is 147 cm³/mol. The molecule has 0 aliphatic carbocycles. The Balaban J connectivity index is 2.00. The van der Waals surface area contributed by atoms with Crippen LogP contribution < -0.4 is 9.62 Å². The molecule has 0 bridgehead atoms. The highest BCUT2D eigenvalue weighted by Gasteiger charge is 2.33. The van der Waals surface area contributed by atoms with Crippen molar-refractivity contribution in [3.63, 3.8) is 0 Å². The number of carbonyl (C=O) groups is 2. The number of hydrogen-bond acceptors (Lipinski definition) is 4. The van der Waals surface area contributed by atoms with Crippen LogP contribution >= 0.6 is 11.6 Å². The maximum Gasteiger partial charge on any atom is 0.264 e. The van der Waals surface area contributed by atoms with E-state index in [1.54, 1.807) is 30.3 Å². The summed E-state index contributed by atoms with van der Waals surface area (Å²) in [5.74, 6) is -0.790. The van der Waals surface area contributed by atoms with E-state index in [9.17, 15) is 18.0 Å². The number of nitrogens with zero attached hydrogens (tertiary/aromatic N) is 2. The molecule has 37 heavy (non-hydrogen) atoms. The number of carbonyl (C=O) groups excluding carboxylic acids is 2. The molecule has 3 aromatic carbocycles. The molecule has 2 amide bonds. The summed E-state index contributed by atoms with van der Waals surface area (Å²) in [6, 6.07) is 21.7. The first-order chi connectivity index (χ1) is 17.7.